The molecule has 1 heterocycles. The maximum Gasteiger partial charge on any atom is 0.400 e. The number of carbonyl (C=O) groups is 1. The lowest BCUT2D eigenvalue weighted by molar-refractivity contribution is -0.118. The van der Waals surface area contributed by atoms with Crippen LogP contribution in [0.1, 0.15) is 42.4 Å². The lowest BCUT2D eigenvalue weighted by Crippen LogP contribution is -2.44. The Morgan fingerprint density at radius 2 is 1.63 bits per heavy atom. The average Bonchev–Trinajstić information content (AvgIpc) is 2.96. The lowest BCUT2D eigenvalue weighted by atomic mass is 9.89. The van der Waals surface area contributed by atoms with Crippen molar-refractivity contribution < 1.29 is 40.3 Å². The van der Waals surface area contributed by atoms with E-state index in [0.717, 1.165) is 36.9 Å². The number of alkyl halides is 3. The van der Waals surface area contributed by atoms with Crippen molar-refractivity contribution in [2.45, 2.75) is 50.4 Å². The molecule has 43 heavy (non-hydrogen) atoms. The molecule has 3 aromatic carbocycles. The van der Waals surface area contributed by atoms with E-state index in [2.05, 4.69) is 23.3 Å². The molecule has 4 N–H and O–H groups in total. The van der Waals surface area contributed by atoms with E-state index in [4.69, 9.17) is 4.74 Å². The monoisotopic (exact) mass is 615 g/mol. The zero-order valence-electron chi connectivity index (χ0n) is 23.9. The summed E-state index contributed by atoms with van der Waals surface area (Å²) in [7, 11) is 1.82. The van der Waals surface area contributed by atoms with Gasteiger partial charge in [0.15, 0.2) is 0 Å². The molecule has 0 amide bonds. The highest BCUT2D eigenvalue weighted by atomic mass is 19.4. The molecule has 0 unspecified atom stereocenters. The number of nitrogens with one attached hydrogen (secondary N) is 2. The first-order valence-electron chi connectivity index (χ1n) is 13.6. The van der Waals surface area contributed by atoms with Gasteiger partial charge in [-0.1, -0.05) is 18.2 Å². The van der Waals surface area contributed by atoms with Crippen LogP contribution in [0.4, 0.5) is 36.4 Å². The maximum atomic E-state index is 13.8. The van der Waals surface area contributed by atoms with Gasteiger partial charge in [-0.3, -0.25) is 0 Å². The summed E-state index contributed by atoms with van der Waals surface area (Å²) in [6, 6.07) is 14.2. The van der Waals surface area contributed by atoms with Crippen LogP contribution < -0.4 is 16.4 Å². The number of benzene rings is 3. The smallest absolute Gasteiger partial charge is 0.388 e. The Bertz CT molecular complexity index is 1240. The van der Waals surface area contributed by atoms with Crippen molar-refractivity contribution in [3.05, 3.63) is 101 Å². The average molecular weight is 616 g/mol. The van der Waals surface area contributed by atoms with Crippen LogP contribution >= 0.6 is 0 Å². The standard InChI is InChI=1S/C15H11F3O.C14H21FN2O.C2H4F3N/c16-12-3-1-10(2-4-12)15(5-6-19)11-7-13(17)9-14(18)8-11;1-10-9-18-11(8-17-10)6-7-12-13(15)4-3-5-14(12)16-2;3-2(4,5)1-6/h1-4,6-9,15H,5H2;3-5,10-11,16-17H,6-9H2,1-2H3;1,6H2/t15-;10-,11-;/m01./s1. The first kappa shape index (κ1) is 35.7. The number of anilines is 1. The van der Waals surface area contributed by atoms with Crippen LogP contribution in [0.25, 0.3) is 0 Å². The van der Waals surface area contributed by atoms with Gasteiger partial charge in [0.25, 0.3) is 0 Å². The van der Waals surface area contributed by atoms with E-state index in [9.17, 15) is 35.5 Å². The predicted molar refractivity (Wildman–Crippen MR) is 152 cm³/mol. The highest BCUT2D eigenvalue weighted by molar-refractivity contribution is 5.54. The normalized spacial score (nSPS) is 17.1. The Balaban J connectivity index is 0.000000254. The summed E-state index contributed by atoms with van der Waals surface area (Å²) in [6.45, 7) is 2.46. The number of ether oxygens (including phenoxy) is 1. The van der Waals surface area contributed by atoms with Gasteiger partial charge in [0.1, 0.15) is 29.6 Å². The zero-order chi connectivity index (χ0) is 32.0. The van der Waals surface area contributed by atoms with Crippen molar-refractivity contribution in [3.8, 4) is 0 Å². The minimum absolute atomic E-state index is 0.0779. The zero-order valence-corrected chi connectivity index (χ0v) is 23.9. The van der Waals surface area contributed by atoms with E-state index in [1.165, 1.54) is 42.5 Å². The van der Waals surface area contributed by atoms with Gasteiger partial charge in [0, 0.05) is 49.3 Å². The van der Waals surface area contributed by atoms with Gasteiger partial charge in [0.05, 0.1) is 19.3 Å². The third-order valence-electron chi connectivity index (χ3n) is 6.50. The van der Waals surface area contributed by atoms with Crippen LogP contribution in [-0.4, -0.2) is 51.4 Å². The summed E-state index contributed by atoms with van der Waals surface area (Å²) >= 11 is 0. The fourth-order valence-electron chi connectivity index (χ4n) is 4.30. The topological polar surface area (TPSA) is 76.4 Å². The molecule has 1 saturated heterocycles. The first-order chi connectivity index (χ1) is 20.4. The molecule has 1 aliphatic rings. The van der Waals surface area contributed by atoms with Crippen molar-refractivity contribution in [2.24, 2.45) is 5.73 Å². The molecule has 1 fully saturated rings. The Hall–Kier alpha value is -3.48. The number of nitrogens with two attached hydrogens (primary N) is 1. The third kappa shape index (κ3) is 12.7. The number of hydrogen-bond donors (Lipinski definition) is 3. The fourth-order valence-corrected chi connectivity index (χ4v) is 4.30. The van der Waals surface area contributed by atoms with Crippen LogP contribution in [-0.2, 0) is 16.0 Å². The van der Waals surface area contributed by atoms with Crippen LogP contribution in [0, 0.1) is 23.3 Å². The molecule has 12 heteroatoms. The van der Waals surface area contributed by atoms with E-state index in [-0.39, 0.29) is 18.3 Å². The molecular weight excluding hydrogens is 579 g/mol. The molecular formula is C31H36F7N3O2. The predicted octanol–water partition coefficient (Wildman–Crippen LogP) is 6.51. The van der Waals surface area contributed by atoms with Crippen molar-refractivity contribution in [2.75, 3.05) is 32.1 Å². The molecule has 1 aliphatic heterocycles. The summed E-state index contributed by atoms with van der Waals surface area (Å²) in [6.07, 6.45) is -1.70. The highest BCUT2D eigenvalue weighted by Crippen LogP contribution is 2.28. The molecule has 3 atom stereocenters. The minimum atomic E-state index is -4.18. The Kier molecular flexibility index (Phi) is 14.6. The number of rotatable bonds is 8. The van der Waals surface area contributed by atoms with Crippen molar-refractivity contribution >= 4 is 12.0 Å². The van der Waals surface area contributed by atoms with E-state index in [1.54, 1.807) is 6.07 Å². The molecule has 0 spiro atoms. The van der Waals surface area contributed by atoms with Crippen molar-refractivity contribution in [3.63, 3.8) is 0 Å². The van der Waals surface area contributed by atoms with Gasteiger partial charge in [0.2, 0.25) is 0 Å². The van der Waals surface area contributed by atoms with Crippen LogP contribution in [0.15, 0.2) is 60.7 Å². The van der Waals surface area contributed by atoms with Gasteiger partial charge in [-0.05, 0) is 67.3 Å². The second-order valence-corrected chi connectivity index (χ2v) is 9.85. The second kappa shape index (κ2) is 17.6. The summed E-state index contributed by atoms with van der Waals surface area (Å²) in [5.41, 5.74) is 6.80. The highest BCUT2D eigenvalue weighted by Gasteiger charge is 2.23. The van der Waals surface area contributed by atoms with E-state index in [1.807, 2.05) is 13.1 Å². The maximum absolute atomic E-state index is 13.8. The van der Waals surface area contributed by atoms with Gasteiger partial charge < -0.3 is 25.9 Å². The van der Waals surface area contributed by atoms with Crippen LogP contribution in [0.5, 0.6) is 0 Å². The van der Waals surface area contributed by atoms with Crippen molar-refractivity contribution in [1.29, 1.82) is 0 Å². The molecule has 236 valence electrons. The van der Waals surface area contributed by atoms with E-state index >= 15 is 0 Å². The quantitative estimate of drug-likeness (QED) is 0.199. The number of morpholine rings is 1. The summed E-state index contributed by atoms with van der Waals surface area (Å²) in [4.78, 5) is 10.7. The lowest BCUT2D eigenvalue weighted by Gasteiger charge is -2.28. The van der Waals surface area contributed by atoms with Crippen molar-refractivity contribution in [1.82, 2.24) is 5.32 Å². The molecule has 3 aromatic rings. The van der Waals surface area contributed by atoms with Crippen LogP contribution in [0.2, 0.25) is 0 Å². The molecule has 0 radical (unpaired) electrons. The summed E-state index contributed by atoms with van der Waals surface area (Å²) < 4.78 is 90.8. The fraction of sp³-hybridized carbons (Fsp3) is 0.387. The molecule has 0 bridgehead atoms. The molecule has 5 nitrogen and oxygen atoms in total. The summed E-state index contributed by atoms with van der Waals surface area (Å²) in [5.74, 6) is -2.43. The largest absolute Gasteiger partial charge is 0.400 e. The third-order valence-corrected chi connectivity index (χ3v) is 6.50. The minimum Gasteiger partial charge on any atom is -0.388 e. The number of aldehydes is 1. The molecule has 0 saturated carbocycles. The molecule has 4 rings (SSSR count). The van der Waals surface area contributed by atoms with Gasteiger partial charge >= 0.3 is 6.18 Å². The number of hydrogen-bond acceptors (Lipinski definition) is 5. The van der Waals surface area contributed by atoms with E-state index < -0.39 is 36.1 Å². The van der Waals surface area contributed by atoms with Gasteiger partial charge in [-0.15, -0.1) is 0 Å². The number of carbonyl (C=O) groups excluding carboxylic acids is 1. The SMILES string of the molecule is CNc1cccc(F)c1CC[C@@H]1CN[C@H](C)CO1.NCC(F)(F)F.O=CC[C@@H](c1ccc(F)cc1)c1cc(F)cc(F)c1. The Morgan fingerprint density at radius 3 is 2.14 bits per heavy atom. The van der Waals surface area contributed by atoms with Crippen LogP contribution in [0.3, 0.4) is 0 Å². The molecule has 0 aliphatic carbocycles. The first-order valence-corrected chi connectivity index (χ1v) is 13.6. The Morgan fingerprint density at radius 1 is 1.00 bits per heavy atom. The van der Waals surface area contributed by atoms with Gasteiger partial charge in [-0.25, -0.2) is 17.6 Å². The Labute approximate surface area is 246 Å². The molecule has 0 aromatic heterocycles. The second-order valence-electron chi connectivity index (χ2n) is 9.85. The number of halogens is 7. The summed E-state index contributed by atoms with van der Waals surface area (Å²) in [5, 5.41) is 6.41. The van der Waals surface area contributed by atoms with Gasteiger partial charge in [-0.2, -0.15) is 13.2 Å². The van der Waals surface area contributed by atoms with E-state index in [0.29, 0.717) is 29.9 Å².